The largest absolute Gasteiger partial charge is 0.465 e. The normalized spacial score (nSPS) is 22.3. The monoisotopic (exact) mass is 272 g/mol. The van der Waals surface area contributed by atoms with E-state index in [1.165, 1.54) is 0 Å². The number of esters is 1. The molecule has 1 saturated carbocycles. The number of rotatable bonds is 7. The molecule has 0 saturated heterocycles. The average molecular weight is 272 g/mol. The van der Waals surface area contributed by atoms with E-state index in [4.69, 9.17) is 9.84 Å². The van der Waals surface area contributed by atoms with Crippen molar-refractivity contribution in [2.75, 3.05) is 13.2 Å². The number of aliphatic hydroxyl groups is 1. The third-order valence-electron chi connectivity index (χ3n) is 3.65. The van der Waals surface area contributed by atoms with E-state index in [0.29, 0.717) is 6.61 Å². The molecule has 1 fully saturated rings. The summed E-state index contributed by atoms with van der Waals surface area (Å²) in [5, 5.41) is 8.62. The lowest BCUT2D eigenvalue weighted by molar-refractivity contribution is -0.150. The van der Waals surface area contributed by atoms with E-state index < -0.39 is 0 Å². The molecule has 0 aliphatic heterocycles. The Morgan fingerprint density at radius 2 is 1.63 bits per heavy atom. The topological polar surface area (TPSA) is 46.5 Å². The van der Waals surface area contributed by atoms with Crippen LogP contribution in [-0.4, -0.2) is 24.3 Å². The van der Waals surface area contributed by atoms with Gasteiger partial charge in [-0.25, -0.2) is 0 Å². The second-order valence-corrected chi connectivity index (χ2v) is 5.26. The molecule has 0 bridgehead atoms. The fourth-order valence-corrected chi connectivity index (χ4v) is 2.35. The van der Waals surface area contributed by atoms with Crippen LogP contribution in [-0.2, 0) is 9.53 Å². The Morgan fingerprint density at radius 3 is 2.21 bits per heavy atom. The number of hydrogen-bond acceptors (Lipinski definition) is 3. The first-order valence-corrected chi connectivity index (χ1v) is 8.01. The number of carbonyl (C=O) groups is 1. The second kappa shape index (κ2) is 12.5. The summed E-state index contributed by atoms with van der Waals surface area (Å²) in [6.45, 7) is 7.07. The van der Waals surface area contributed by atoms with E-state index in [9.17, 15) is 4.79 Å². The van der Waals surface area contributed by atoms with E-state index in [1.54, 1.807) is 0 Å². The molecule has 3 nitrogen and oxygen atoms in total. The maximum Gasteiger partial charge on any atom is 0.308 e. The summed E-state index contributed by atoms with van der Waals surface area (Å²) in [4.78, 5) is 11.7. The zero-order valence-corrected chi connectivity index (χ0v) is 13.0. The standard InChI is InChI=1S/C14H26O3.C2H6/c1-12-6-8-13(9-7-12)14(16)17-11-5-3-2-4-10-15;1-2/h12-13,15H,2-11H2,1H3;1-2H3. The summed E-state index contributed by atoms with van der Waals surface area (Å²) in [5.74, 6) is 0.945. The van der Waals surface area contributed by atoms with Crippen molar-refractivity contribution in [3.63, 3.8) is 0 Å². The van der Waals surface area contributed by atoms with Crippen molar-refractivity contribution in [1.29, 1.82) is 0 Å². The Balaban J connectivity index is 0.00000154. The van der Waals surface area contributed by atoms with Crippen molar-refractivity contribution in [2.24, 2.45) is 11.8 Å². The molecule has 0 atom stereocenters. The van der Waals surface area contributed by atoms with Gasteiger partial charge in [0.15, 0.2) is 0 Å². The fraction of sp³-hybridized carbons (Fsp3) is 0.938. The van der Waals surface area contributed by atoms with Crippen molar-refractivity contribution < 1.29 is 14.6 Å². The quantitative estimate of drug-likeness (QED) is 0.564. The molecule has 0 amide bonds. The maximum absolute atomic E-state index is 11.7. The van der Waals surface area contributed by atoms with Gasteiger partial charge < -0.3 is 9.84 Å². The first kappa shape index (κ1) is 18.4. The molecule has 1 aliphatic rings. The Hall–Kier alpha value is -0.570. The van der Waals surface area contributed by atoms with Gasteiger partial charge in [-0.15, -0.1) is 0 Å². The van der Waals surface area contributed by atoms with E-state index in [2.05, 4.69) is 6.92 Å². The van der Waals surface area contributed by atoms with Gasteiger partial charge in [-0.3, -0.25) is 4.79 Å². The molecule has 1 aliphatic carbocycles. The number of hydrogen-bond donors (Lipinski definition) is 1. The molecule has 114 valence electrons. The van der Waals surface area contributed by atoms with E-state index in [-0.39, 0.29) is 18.5 Å². The summed E-state index contributed by atoms with van der Waals surface area (Å²) in [5.41, 5.74) is 0. The zero-order valence-electron chi connectivity index (χ0n) is 13.0. The Bertz CT molecular complexity index is 208. The lowest BCUT2D eigenvalue weighted by atomic mass is 9.83. The summed E-state index contributed by atoms with van der Waals surface area (Å²) in [6.07, 6.45) is 8.18. The molecule has 0 heterocycles. The predicted octanol–water partition coefficient (Wildman–Crippen LogP) is 3.93. The van der Waals surface area contributed by atoms with Gasteiger partial charge in [-0.1, -0.05) is 27.2 Å². The molecule has 1 N–H and O–H groups in total. The van der Waals surface area contributed by atoms with Crippen LogP contribution in [0.1, 0.15) is 72.1 Å². The highest BCUT2D eigenvalue weighted by Gasteiger charge is 2.25. The van der Waals surface area contributed by atoms with Gasteiger partial charge in [0.05, 0.1) is 12.5 Å². The molecule has 1 rings (SSSR count). The number of ether oxygens (including phenoxy) is 1. The highest BCUT2D eigenvalue weighted by Crippen LogP contribution is 2.29. The molecular weight excluding hydrogens is 240 g/mol. The van der Waals surface area contributed by atoms with Crippen LogP contribution in [0.2, 0.25) is 0 Å². The Morgan fingerprint density at radius 1 is 1.05 bits per heavy atom. The maximum atomic E-state index is 11.7. The van der Waals surface area contributed by atoms with E-state index in [1.807, 2.05) is 13.8 Å². The number of carbonyl (C=O) groups excluding carboxylic acids is 1. The van der Waals surface area contributed by atoms with Gasteiger partial charge in [0.25, 0.3) is 0 Å². The highest BCUT2D eigenvalue weighted by molar-refractivity contribution is 5.72. The van der Waals surface area contributed by atoms with Crippen molar-refractivity contribution in [3.05, 3.63) is 0 Å². The van der Waals surface area contributed by atoms with Crippen LogP contribution in [0.3, 0.4) is 0 Å². The van der Waals surface area contributed by atoms with Crippen LogP contribution < -0.4 is 0 Å². The van der Waals surface area contributed by atoms with Crippen LogP contribution in [0.25, 0.3) is 0 Å². The van der Waals surface area contributed by atoms with Crippen molar-refractivity contribution in [2.45, 2.75) is 72.1 Å². The summed E-state index contributed by atoms with van der Waals surface area (Å²) in [7, 11) is 0. The first-order valence-electron chi connectivity index (χ1n) is 8.01. The fourth-order valence-electron chi connectivity index (χ4n) is 2.35. The Labute approximate surface area is 118 Å². The average Bonchev–Trinajstić information content (AvgIpc) is 2.45. The Kier molecular flexibility index (Phi) is 12.1. The molecular formula is C16H32O3. The van der Waals surface area contributed by atoms with Gasteiger partial charge in [0, 0.05) is 6.61 Å². The molecule has 0 unspecified atom stereocenters. The summed E-state index contributed by atoms with van der Waals surface area (Å²) >= 11 is 0. The third kappa shape index (κ3) is 9.04. The van der Waals surface area contributed by atoms with Crippen LogP contribution >= 0.6 is 0 Å². The minimum atomic E-state index is 0.0130. The predicted molar refractivity (Wildman–Crippen MR) is 79.0 cm³/mol. The van der Waals surface area contributed by atoms with Crippen molar-refractivity contribution >= 4 is 5.97 Å². The zero-order chi connectivity index (χ0) is 14.5. The molecule has 0 aromatic heterocycles. The molecule has 0 radical (unpaired) electrons. The van der Waals surface area contributed by atoms with E-state index in [0.717, 1.165) is 57.3 Å². The SMILES string of the molecule is CC.CC1CCC(C(=O)OCCCCCCO)CC1. The van der Waals surface area contributed by atoms with Crippen molar-refractivity contribution in [3.8, 4) is 0 Å². The molecule has 19 heavy (non-hydrogen) atoms. The molecule has 3 heteroatoms. The number of aliphatic hydroxyl groups excluding tert-OH is 1. The molecule has 0 spiro atoms. The van der Waals surface area contributed by atoms with E-state index >= 15 is 0 Å². The lowest BCUT2D eigenvalue weighted by Gasteiger charge is -2.24. The van der Waals surface area contributed by atoms with Crippen molar-refractivity contribution in [1.82, 2.24) is 0 Å². The van der Waals surface area contributed by atoms with Gasteiger partial charge in [0.2, 0.25) is 0 Å². The van der Waals surface area contributed by atoms with Crippen LogP contribution in [0.15, 0.2) is 0 Å². The summed E-state index contributed by atoms with van der Waals surface area (Å²) < 4.78 is 5.30. The first-order chi connectivity index (χ1) is 9.24. The van der Waals surface area contributed by atoms with Crippen LogP contribution in [0.4, 0.5) is 0 Å². The summed E-state index contributed by atoms with van der Waals surface area (Å²) in [6, 6.07) is 0. The molecule has 0 aromatic carbocycles. The molecule has 0 aromatic rings. The van der Waals surface area contributed by atoms with Gasteiger partial charge in [0.1, 0.15) is 0 Å². The van der Waals surface area contributed by atoms with Crippen LogP contribution in [0.5, 0.6) is 0 Å². The minimum absolute atomic E-state index is 0.0130. The third-order valence-corrected chi connectivity index (χ3v) is 3.65. The highest BCUT2D eigenvalue weighted by atomic mass is 16.5. The second-order valence-electron chi connectivity index (χ2n) is 5.26. The van der Waals surface area contributed by atoms with Crippen LogP contribution in [0, 0.1) is 11.8 Å². The lowest BCUT2D eigenvalue weighted by Crippen LogP contribution is -2.23. The minimum Gasteiger partial charge on any atom is -0.465 e. The van der Waals surface area contributed by atoms with Gasteiger partial charge in [-0.05, 0) is 50.9 Å². The smallest absolute Gasteiger partial charge is 0.308 e. The number of unbranched alkanes of at least 4 members (excludes halogenated alkanes) is 3. The van der Waals surface area contributed by atoms with Gasteiger partial charge >= 0.3 is 5.97 Å². The van der Waals surface area contributed by atoms with Gasteiger partial charge in [-0.2, -0.15) is 0 Å².